The van der Waals surface area contributed by atoms with E-state index in [2.05, 4.69) is 39.1 Å². The van der Waals surface area contributed by atoms with Gasteiger partial charge in [0, 0.05) is 30.7 Å². The van der Waals surface area contributed by atoms with Crippen molar-refractivity contribution in [2.75, 3.05) is 4.90 Å². The highest BCUT2D eigenvalue weighted by molar-refractivity contribution is 5.49. The minimum atomic E-state index is 0.589. The molecule has 3 rings (SSSR count). The molecule has 4 nitrogen and oxygen atoms in total. The predicted molar refractivity (Wildman–Crippen MR) is 75.6 cm³/mol. The lowest BCUT2D eigenvalue weighted by Crippen LogP contribution is -2.26. The van der Waals surface area contributed by atoms with Crippen molar-refractivity contribution in [2.45, 2.75) is 32.0 Å². The highest BCUT2D eigenvalue weighted by atomic mass is 15.2. The van der Waals surface area contributed by atoms with E-state index in [1.54, 1.807) is 12.4 Å². The maximum Gasteiger partial charge on any atom is 0.147 e. The monoisotopic (exact) mass is 254 g/mol. The molecule has 0 aliphatic heterocycles. The fourth-order valence-electron chi connectivity index (χ4n) is 2.20. The van der Waals surface area contributed by atoms with Gasteiger partial charge in [0.25, 0.3) is 0 Å². The number of nitrogens with zero attached hydrogens (tertiary/aromatic N) is 3. The molecule has 0 saturated heterocycles. The van der Waals surface area contributed by atoms with Crippen molar-refractivity contribution in [3.8, 4) is 0 Å². The van der Waals surface area contributed by atoms with Crippen LogP contribution in [0, 0.1) is 0 Å². The summed E-state index contributed by atoms with van der Waals surface area (Å²) in [5.41, 5.74) is 8.03. The Morgan fingerprint density at radius 1 is 1.11 bits per heavy atom. The van der Waals surface area contributed by atoms with Crippen LogP contribution in [0.5, 0.6) is 0 Å². The lowest BCUT2D eigenvalue weighted by atomic mass is 10.2. The van der Waals surface area contributed by atoms with Crippen LogP contribution in [-0.2, 0) is 13.1 Å². The molecular weight excluding hydrogens is 236 g/mol. The Morgan fingerprint density at radius 3 is 2.37 bits per heavy atom. The zero-order valence-electron chi connectivity index (χ0n) is 10.9. The molecule has 4 heteroatoms. The van der Waals surface area contributed by atoms with E-state index in [0.717, 1.165) is 17.9 Å². The second-order valence-corrected chi connectivity index (χ2v) is 4.89. The summed E-state index contributed by atoms with van der Waals surface area (Å²) in [7, 11) is 0. The van der Waals surface area contributed by atoms with E-state index in [1.165, 1.54) is 18.5 Å². The normalized spacial score (nSPS) is 14.4. The Labute approximate surface area is 113 Å². The second-order valence-electron chi connectivity index (χ2n) is 4.89. The molecule has 2 N–H and O–H groups in total. The number of hydrogen-bond donors (Lipinski definition) is 1. The Balaban J connectivity index is 1.80. The molecule has 2 aromatic rings. The molecule has 1 heterocycles. The van der Waals surface area contributed by atoms with Crippen molar-refractivity contribution < 1.29 is 0 Å². The Bertz CT molecular complexity index is 520. The van der Waals surface area contributed by atoms with Gasteiger partial charge in [-0.2, -0.15) is 0 Å². The molecular formula is C15H18N4. The van der Waals surface area contributed by atoms with Crippen LogP contribution in [0.3, 0.4) is 0 Å². The number of rotatable bonds is 5. The maximum atomic E-state index is 5.64. The van der Waals surface area contributed by atoms with Crippen molar-refractivity contribution in [3.05, 3.63) is 54.1 Å². The van der Waals surface area contributed by atoms with E-state index in [-0.39, 0.29) is 0 Å². The van der Waals surface area contributed by atoms with Gasteiger partial charge in [-0.05, 0) is 36.6 Å². The largest absolute Gasteiger partial charge is 0.361 e. The van der Waals surface area contributed by atoms with E-state index in [0.29, 0.717) is 12.6 Å². The summed E-state index contributed by atoms with van der Waals surface area (Å²) in [5.74, 6) is 0.873. The first-order chi connectivity index (χ1) is 9.36. The zero-order chi connectivity index (χ0) is 13.1. The van der Waals surface area contributed by atoms with Gasteiger partial charge in [0.15, 0.2) is 0 Å². The van der Waals surface area contributed by atoms with E-state index in [1.807, 2.05) is 6.07 Å². The summed E-state index contributed by atoms with van der Waals surface area (Å²) < 4.78 is 0. The summed E-state index contributed by atoms with van der Waals surface area (Å²) in [6, 6.07) is 11.0. The number of nitrogens with two attached hydrogens (primary N) is 1. The van der Waals surface area contributed by atoms with Crippen LogP contribution in [0.1, 0.15) is 24.2 Å². The van der Waals surface area contributed by atoms with Gasteiger partial charge in [0.1, 0.15) is 5.82 Å². The molecule has 1 aromatic carbocycles. The quantitative estimate of drug-likeness (QED) is 0.887. The van der Waals surface area contributed by atoms with Crippen molar-refractivity contribution in [1.29, 1.82) is 0 Å². The summed E-state index contributed by atoms with van der Waals surface area (Å²) in [6.45, 7) is 1.36. The standard InChI is InChI=1S/C15H18N4/c16-10-12-2-4-13(5-3-12)19(14-6-7-14)11-15-17-8-1-9-18-15/h1-5,8-9,14H,6-7,10-11,16H2. The summed E-state index contributed by atoms with van der Waals surface area (Å²) >= 11 is 0. The molecule has 0 unspecified atom stereocenters. The zero-order valence-corrected chi connectivity index (χ0v) is 10.9. The molecule has 0 bridgehead atoms. The van der Waals surface area contributed by atoms with E-state index < -0.39 is 0 Å². The lowest BCUT2D eigenvalue weighted by molar-refractivity contribution is 0.751. The molecule has 0 spiro atoms. The highest BCUT2D eigenvalue weighted by Gasteiger charge is 2.29. The van der Waals surface area contributed by atoms with Gasteiger partial charge in [-0.1, -0.05) is 12.1 Å². The number of benzene rings is 1. The molecule has 0 amide bonds. The van der Waals surface area contributed by atoms with Crippen LogP contribution in [0.2, 0.25) is 0 Å². The molecule has 98 valence electrons. The topological polar surface area (TPSA) is 55.0 Å². The van der Waals surface area contributed by atoms with Gasteiger partial charge in [0.05, 0.1) is 6.54 Å². The van der Waals surface area contributed by atoms with Crippen LogP contribution in [0.15, 0.2) is 42.7 Å². The van der Waals surface area contributed by atoms with Crippen molar-refractivity contribution in [1.82, 2.24) is 9.97 Å². The third-order valence-corrected chi connectivity index (χ3v) is 3.42. The minimum absolute atomic E-state index is 0.589. The Hall–Kier alpha value is -1.94. The average Bonchev–Trinajstić information content (AvgIpc) is 3.31. The fourth-order valence-corrected chi connectivity index (χ4v) is 2.20. The SMILES string of the molecule is NCc1ccc(N(Cc2ncccn2)C2CC2)cc1. The third kappa shape index (κ3) is 2.90. The fraction of sp³-hybridized carbons (Fsp3) is 0.333. The van der Waals surface area contributed by atoms with Crippen LogP contribution in [0.4, 0.5) is 5.69 Å². The van der Waals surface area contributed by atoms with Gasteiger partial charge in [-0.3, -0.25) is 0 Å². The molecule has 0 radical (unpaired) electrons. The summed E-state index contributed by atoms with van der Waals surface area (Å²) in [4.78, 5) is 11.0. The Morgan fingerprint density at radius 2 is 1.79 bits per heavy atom. The first-order valence-electron chi connectivity index (χ1n) is 6.68. The predicted octanol–water partition coefficient (Wildman–Crippen LogP) is 2.10. The van der Waals surface area contributed by atoms with E-state index in [4.69, 9.17) is 5.73 Å². The van der Waals surface area contributed by atoms with E-state index >= 15 is 0 Å². The van der Waals surface area contributed by atoms with Gasteiger partial charge < -0.3 is 10.6 Å². The first kappa shape index (κ1) is 12.1. The molecule has 1 aliphatic rings. The summed E-state index contributed by atoms with van der Waals surface area (Å²) in [6.07, 6.45) is 6.10. The van der Waals surface area contributed by atoms with E-state index in [9.17, 15) is 0 Å². The summed E-state index contributed by atoms with van der Waals surface area (Å²) in [5, 5.41) is 0. The average molecular weight is 254 g/mol. The van der Waals surface area contributed by atoms with Gasteiger partial charge >= 0.3 is 0 Å². The van der Waals surface area contributed by atoms with Crippen molar-refractivity contribution in [2.24, 2.45) is 5.73 Å². The molecule has 1 aromatic heterocycles. The van der Waals surface area contributed by atoms with Gasteiger partial charge in [-0.15, -0.1) is 0 Å². The molecule has 0 atom stereocenters. The van der Waals surface area contributed by atoms with Gasteiger partial charge in [-0.25, -0.2) is 9.97 Å². The molecule has 1 aliphatic carbocycles. The van der Waals surface area contributed by atoms with Crippen LogP contribution in [-0.4, -0.2) is 16.0 Å². The Kier molecular flexibility index (Phi) is 3.42. The van der Waals surface area contributed by atoms with Crippen molar-refractivity contribution >= 4 is 5.69 Å². The molecule has 1 fully saturated rings. The molecule has 19 heavy (non-hydrogen) atoms. The minimum Gasteiger partial charge on any atom is -0.361 e. The van der Waals surface area contributed by atoms with Crippen LogP contribution >= 0.6 is 0 Å². The number of anilines is 1. The number of hydrogen-bond acceptors (Lipinski definition) is 4. The highest BCUT2D eigenvalue weighted by Crippen LogP contribution is 2.32. The van der Waals surface area contributed by atoms with Crippen molar-refractivity contribution in [3.63, 3.8) is 0 Å². The lowest BCUT2D eigenvalue weighted by Gasteiger charge is -2.24. The number of aromatic nitrogens is 2. The maximum absolute atomic E-state index is 5.64. The second kappa shape index (κ2) is 5.36. The van der Waals surface area contributed by atoms with Crippen LogP contribution < -0.4 is 10.6 Å². The molecule has 1 saturated carbocycles. The third-order valence-electron chi connectivity index (χ3n) is 3.42. The van der Waals surface area contributed by atoms with Crippen LogP contribution in [0.25, 0.3) is 0 Å². The first-order valence-corrected chi connectivity index (χ1v) is 6.68. The smallest absolute Gasteiger partial charge is 0.147 e. The van der Waals surface area contributed by atoms with Gasteiger partial charge in [0.2, 0.25) is 0 Å².